The molecule has 12 rings (SSSR count). The minimum Gasteiger partial charge on any atom is -0.0622 e. The average Bonchev–Trinajstić information content (AvgIpc) is 3.55. The molecule has 0 bridgehead atoms. The molecule has 0 atom stereocenters. The van der Waals surface area contributed by atoms with Crippen molar-refractivity contribution in [2.24, 2.45) is 0 Å². The molecule has 0 spiro atoms. The van der Waals surface area contributed by atoms with Gasteiger partial charge in [-0.2, -0.15) is 0 Å². The van der Waals surface area contributed by atoms with Gasteiger partial charge in [-0.05, 0) is 147 Å². The molecule has 0 heteroatoms. The Morgan fingerprint density at radius 2 is 0.287 bits per heavy atom. The lowest BCUT2D eigenvalue weighted by atomic mass is 9.92. The van der Waals surface area contributed by atoms with Crippen molar-refractivity contribution in [2.45, 2.75) is 0 Å². The first kappa shape index (κ1) is 50.4. The van der Waals surface area contributed by atoms with Gasteiger partial charge in [0.05, 0.1) is 0 Å². The maximum Gasteiger partial charge on any atom is -0.0105 e. The van der Waals surface area contributed by atoms with Crippen LogP contribution in [0, 0.1) is 0 Å². The molecule has 0 aliphatic carbocycles. The molecule has 12 aromatic rings. The molecule has 0 nitrogen and oxygen atoms in total. The highest BCUT2D eigenvalue weighted by molar-refractivity contribution is 5.96. The predicted octanol–water partition coefficient (Wildman–Crippen LogP) is 21.0. The van der Waals surface area contributed by atoms with Crippen LogP contribution in [0.1, 0.15) is 66.8 Å². The summed E-state index contributed by atoms with van der Waals surface area (Å²) in [5.74, 6) is 0. The highest BCUT2D eigenvalue weighted by Crippen LogP contribution is 2.35. The van der Waals surface area contributed by atoms with Gasteiger partial charge < -0.3 is 0 Å². The van der Waals surface area contributed by atoms with Gasteiger partial charge in [0, 0.05) is 0 Å². The zero-order valence-electron chi connectivity index (χ0n) is 44.5. The van der Waals surface area contributed by atoms with Gasteiger partial charge in [-0.3, -0.25) is 0 Å². The van der Waals surface area contributed by atoms with E-state index >= 15 is 0 Å². The summed E-state index contributed by atoms with van der Waals surface area (Å²) < 4.78 is 0. The topological polar surface area (TPSA) is 0 Å². The molecule has 0 amide bonds. The molecule has 0 saturated heterocycles. The first-order valence-electron chi connectivity index (χ1n) is 27.5. The zero-order valence-corrected chi connectivity index (χ0v) is 44.5. The number of hydrogen-bond acceptors (Lipinski definition) is 0. The van der Waals surface area contributed by atoms with Crippen molar-refractivity contribution in [3.05, 3.63) is 394 Å². The van der Waals surface area contributed by atoms with Gasteiger partial charge in [-0.25, -0.2) is 0 Å². The lowest BCUT2D eigenvalue weighted by Gasteiger charge is -2.13. The van der Waals surface area contributed by atoms with Crippen molar-refractivity contribution >= 4 is 46.6 Å². The Morgan fingerprint density at radius 3 is 0.475 bits per heavy atom. The maximum absolute atomic E-state index is 2.31. The van der Waals surface area contributed by atoms with Crippen LogP contribution in [0.3, 0.4) is 0 Å². The largest absolute Gasteiger partial charge is 0.0622 e. The fourth-order valence-electron chi connectivity index (χ4n) is 10.5. The van der Waals surface area contributed by atoms with Gasteiger partial charge in [-0.15, -0.1) is 0 Å². The van der Waals surface area contributed by atoms with Gasteiger partial charge in [0.15, 0.2) is 0 Å². The normalized spacial score (nSPS) is 12.1. The molecule has 378 valence electrons. The van der Waals surface area contributed by atoms with E-state index in [1.807, 2.05) is 0 Å². The molecule has 0 saturated carbocycles. The first-order chi connectivity index (χ1) is 39.6. The number of hydrogen-bond donors (Lipinski definition) is 0. The van der Waals surface area contributed by atoms with Crippen molar-refractivity contribution in [3.63, 3.8) is 0 Å². The second kappa shape index (κ2) is 24.3. The molecule has 0 aliphatic heterocycles. The van der Waals surface area contributed by atoms with E-state index in [1.54, 1.807) is 0 Å². The highest BCUT2D eigenvalue weighted by Gasteiger charge is 2.12. The Labute approximate surface area is 471 Å². The molecule has 0 N–H and O–H groups in total. The van der Waals surface area contributed by atoms with Crippen LogP contribution in [0.2, 0.25) is 0 Å². The summed E-state index contributed by atoms with van der Waals surface area (Å²) >= 11 is 0. The summed E-state index contributed by atoms with van der Waals surface area (Å²) in [5.41, 5.74) is 25.9. The summed E-state index contributed by atoms with van der Waals surface area (Å²) in [6.07, 6.45) is 9.22. The monoisotopic (exact) mass is 1020 g/mol. The molecule has 0 fully saturated rings. The smallest absolute Gasteiger partial charge is 0.0105 e. The second-order valence-corrected chi connectivity index (χ2v) is 20.1. The fraction of sp³-hybridized carbons (Fsp3) is 0. The van der Waals surface area contributed by atoms with E-state index in [9.17, 15) is 0 Å². The molecule has 0 aliphatic rings. The van der Waals surface area contributed by atoms with E-state index < -0.39 is 0 Å². The average molecular weight is 1020 g/mol. The van der Waals surface area contributed by atoms with Gasteiger partial charge >= 0.3 is 0 Å². The molecule has 0 unspecified atom stereocenters. The molecular formula is C80H58. The summed E-state index contributed by atoms with van der Waals surface area (Å²) in [7, 11) is 0. The summed E-state index contributed by atoms with van der Waals surface area (Å²) in [4.78, 5) is 0. The SMILES string of the molecule is C(=C(/c1ccccc1)c1ccc(-c2ccccc2)cc1)/c1ccc(/C=C(\c2ccccc2)c2ccc(-c3ccc(/C(=C/c4ccc(/C=C(\c5ccccc5)c5ccc(-c6ccccc6)cc5)cc4)c4ccccc4)cc3)cc2)cc1. The van der Waals surface area contributed by atoms with Crippen molar-refractivity contribution in [1.82, 2.24) is 0 Å². The van der Waals surface area contributed by atoms with Gasteiger partial charge in [0.1, 0.15) is 0 Å². The van der Waals surface area contributed by atoms with Crippen LogP contribution in [0.15, 0.2) is 328 Å². The third kappa shape index (κ3) is 12.1. The van der Waals surface area contributed by atoms with Gasteiger partial charge in [0.25, 0.3) is 0 Å². The van der Waals surface area contributed by atoms with Crippen molar-refractivity contribution in [1.29, 1.82) is 0 Å². The van der Waals surface area contributed by atoms with E-state index in [2.05, 4.69) is 352 Å². The standard InChI is InChI=1S/C80H58/c1-7-19-63(20-8-1)65-39-47-73(48-40-65)77(69-23-11-3-12-24-69)55-59-31-35-61(36-32-59)57-79(71-27-15-5-16-28-71)75-51-43-67(44-52-75)68-45-53-76(54-46-68)80(72-29-17-6-18-30-72)58-62-37-33-60(34-38-62)56-78(70-25-13-4-14-26-70)74-49-41-66(42-50-74)64-21-9-2-10-22-64/h1-58H/b77-55+,78-56+,79-57+,80-58+. The predicted molar refractivity (Wildman–Crippen MR) is 342 cm³/mol. The summed E-state index contributed by atoms with van der Waals surface area (Å²) in [5, 5.41) is 0. The van der Waals surface area contributed by atoms with E-state index in [0.717, 1.165) is 33.4 Å². The Bertz CT molecular complexity index is 3790. The number of rotatable bonds is 15. The maximum atomic E-state index is 2.31. The van der Waals surface area contributed by atoms with E-state index in [0.29, 0.717) is 0 Å². The Hall–Kier alpha value is -10.4. The van der Waals surface area contributed by atoms with Crippen molar-refractivity contribution in [2.75, 3.05) is 0 Å². The van der Waals surface area contributed by atoms with Crippen LogP contribution >= 0.6 is 0 Å². The van der Waals surface area contributed by atoms with E-state index in [1.165, 1.54) is 89.1 Å². The Balaban J connectivity index is 0.791. The van der Waals surface area contributed by atoms with E-state index in [-0.39, 0.29) is 0 Å². The molecule has 0 heterocycles. The minimum atomic E-state index is 1.14. The lowest BCUT2D eigenvalue weighted by molar-refractivity contribution is 1.52. The summed E-state index contributed by atoms with van der Waals surface area (Å²) in [6, 6.07) is 118. The Morgan fingerprint density at radius 1 is 0.138 bits per heavy atom. The highest BCUT2D eigenvalue weighted by atomic mass is 14.2. The molecule has 0 aromatic heterocycles. The van der Waals surface area contributed by atoms with Crippen LogP contribution in [0.4, 0.5) is 0 Å². The third-order valence-corrected chi connectivity index (χ3v) is 14.8. The minimum absolute atomic E-state index is 1.14. The van der Waals surface area contributed by atoms with Crippen LogP contribution in [-0.4, -0.2) is 0 Å². The first-order valence-corrected chi connectivity index (χ1v) is 27.5. The Kier molecular flexibility index (Phi) is 15.3. The molecule has 80 heavy (non-hydrogen) atoms. The molecule has 0 radical (unpaired) electrons. The van der Waals surface area contributed by atoms with Crippen LogP contribution < -0.4 is 0 Å². The quantitative estimate of drug-likeness (QED) is 0.0898. The van der Waals surface area contributed by atoms with Crippen molar-refractivity contribution in [3.8, 4) is 33.4 Å². The lowest BCUT2D eigenvalue weighted by Crippen LogP contribution is -1.91. The summed E-state index contributed by atoms with van der Waals surface area (Å²) in [6.45, 7) is 0. The zero-order chi connectivity index (χ0) is 53.7. The third-order valence-electron chi connectivity index (χ3n) is 14.8. The second-order valence-electron chi connectivity index (χ2n) is 20.1. The van der Waals surface area contributed by atoms with Crippen LogP contribution in [0.25, 0.3) is 80.0 Å². The molecular weight excluding hydrogens is 961 g/mol. The van der Waals surface area contributed by atoms with E-state index in [4.69, 9.17) is 0 Å². The number of benzene rings is 12. The van der Waals surface area contributed by atoms with Crippen molar-refractivity contribution < 1.29 is 0 Å². The van der Waals surface area contributed by atoms with Gasteiger partial charge in [-0.1, -0.05) is 328 Å². The van der Waals surface area contributed by atoms with Gasteiger partial charge in [0.2, 0.25) is 0 Å². The van der Waals surface area contributed by atoms with Crippen LogP contribution in [0.5, 0.6) is 0 Å². The van der Waals surface area contributed by atoms with Crippen LogP contribution in [-0.2, 0) is 0 Å². The fourth-order valence-corrected chi connectivity index (χ4v) is 10.5. The molecule has 12 aromatic carbocycles.